The van der Waals surface area contributed by atoms with E-state index in [4.69, 9.17) is 4.74 Å². The van der Waals surface area contributed by atoms with Crippen LogP contribution in [0.25, 0.3) is 0 Å². The van der Waals surface area contributed by atoms with Gasteiger partial charge in [-0.2, -0.15) is 5.90 Å². The summed E-state index contributed by atoms with van der Waals surface area (Å²) in [4.78, 5) is 14.3. The first-order chi connectivity index (χ1) is 4.66. The molecule has 60 valence electrons. The van der Waals surface area contributed by atoms with Gasteiger partial charge in [0, 0.05) is 0 Å². The number of nitrogens with two attached hydrogens (primary N) is 1. The quantitative estimate of drug-likeness (QED) is 0.578. The van der Waals surface area contributed by atoms with Gasteiger partial charge in [-0.15, -0.1) is 0 Å². The summed E-state index contributed by atoms with van der Waals surface area (Å²) in [6, 6.07) is 0. The molecule has 2 N–H and O–H groups in total. The second-order valence-corrected chi connectivity index (χ2v) is 2.16. The van der Waals surface area contributed by atoms with E-state index in [2.05, 4.69) is 10.7 Å². The SMILES string of the molecule is CC(C)OCCC(=O)ON. The second kappa shape index (κ2) is 5.20. The van der Waals surface area contributed by atoms with Gasteiger partial charge >= 0.3 is 5.97 Å². The summed E-state index contributed by atoms with van der Waals surface area (Å²) in [5, 5.41) is 0. The maximum Gasteiger partial charge on any atom is 0.326 e. The molecule has 0 amide bonds. The molecule has 0 aliphatic carbocycles. The van der Waals surface area contributed by atoms with E-state index in [9.17, 15) is 4.79 Å². The van der Waals surface area contributed by atoms with E-state index in [1.165, 1.54) is 0 Å². The summed E-state index contributed by atoms with van der Waals surface area (Å²) in [6.07, 6.45) is 0.361. The highest BCUT2D eigenvalue weighted by Crippen LogP contribution is 1.90. The van der Waals surface area contributed by atoms with Crippen molar-refractivity contribution in [3.05, 3.63) is 0 Å². The van der Waals surface area contributed by atoms with Crippen LogP contribution in [-0.2, 0) is 14.4 Å². The van der Waals surface area contributed by atoms with Crippen LogP contribution in [0.15, 0.2) is 0 Å². The summed E-state index contributed by atoms with van der Waals surface area (Å²) in [5.74, 6) is 4.14. The molecular weight excluding hydrogens is 134 g/mol. The normalized spacial score (nSPS) is 10.0. The van der Waals surface area contributed by atoms with E-state index in [0.717, 1.165) is 0 Å². The Kier molecular flexibility index (Phi) is 4.88. The molecular formula is C6H13NO3. The fraction of sp³-hybridized carbons (Fsp3) is 0.833. The zero-order chi connectivity index (χ0) is 7.98. The van der Waals surface area contributed by atoms with E-state index in [1.54, 1.807) is 0 Å². The van der Waals surface area contributed by atoms with Crippen molar-refractivity contribution in [1.29, 1.82) is 0 Å². The van der Waals surface area contributed by atoms with E-state index in [-0.39, 0.29) is 12.5 Å². The molecule has 0 bridgehead atoms. The lowest BCUT2D eigenvalue weighted by Crippen LogP contribution is -2.14. The van der Waals surface area contributed by atoms with Gasteiger partial charge in [-0.25, -0.2) is 0 Å². The first-order valence-corrected chi connectivity index (χ1v) is 3.18. The third-order valence-corrected chi connectivity index (χ3v) is 0.889. The van der Waals surface area contributed by atoms with Crippen LogP contribution < -0.4 is 5.90 Å². The van der Waals surface area contributed by atoms with Crippen LogP contribution in [0.2, 0.25) is 0 Å². The molecule has 0 saturated carbocycles. The number of carbonyl (C=O) groups excluding carboxylic acids is 1. The van der Waals surface area contributed by atoms with Crippen LogP contribution in [-0.4, -0.2) is 18.7 Å². The molecule has 0 aromatic rings. The first kappa shape index (κ1) is 9.39. The molecule has 0 atom stereocenters. The van der Waals surface area contributed by atoms with E-state index in [1.807, 2.05) is 13.8 Å². The van der Waals surface area contributed by atoms with E-state index >= 15 is 0 Å². The zero-order valence-corrected chi connectivity index (χ0v) is 6.29. The molecule has 0 heterocycles. The maximum absolute atomic E-state index is 10.4. The fourth-order valence-electron chi connectivity index (χ4n) is 0.437. The van der Waals surface area contributed by atoms with Gasteiger partial charge in [0.25, 0.3) is 0 Å². The van der Waals surface area contributed by atoms with Crippen molar-refractivity contribution >= 4 is 5.97 Å². The van der Waals surface area contributed by atoms with Crippen molar-refractivity contribution in [2.45, 2.75) is 26.4 Å². The molecule has 4 nitrogen and oxygen atoms in total. The number of hydrogen-bond acceptors (Lipinski definition) is 4. The fourth-order valence-corrected chi connectivity index (χ4v) is 0.437. The number of hydrogen-bond donors (Lipinski definition) is 1. The monoisotopic (exact) mass is 147 g/mol. The number of ether oxygens (including phenoxy) is 1. The minimum absolute atomic E-state index is 0.144. The first-order valence-electron chi connectivity index (χ1n) is 3.18. The summed E-state index contributed by atoms with van der Waals surface area (Å²) in [6.45, 7) is 4.16. The summed E-state index contributed by atoms with van der Waals surface area (Å²) in [7, 11) is 0. The molecule has 0 fully saturated rings. The summed E-state index contributed by atoms with van der Waals surface area (Å²) >= 11 is 0. The molecule has 0 aromatic heterocycles. The van der Waals surface area contributed by atoms with Crippen LogP contribution in [0.4, 0.5) is 0 Å². The predicted octanol–water partition coefficient (Wildman–Crippen LogP) is 0.218. The largest absolute Gasteiger partial charge is 0.378 e. The minimum Gasteiger partial charge on any atom is -0.378 e. The Bertz CT molecular complexity index is 103. The van der Waals surface area contributed by atoms with Gasteiger partial charge < -0.3 is 9.57 Å². The van der Waals surface area contributed by atoms with Gasteiger partial charge in [-0.05, 0) is 13.8 Å². The Morgan fingerprint density at radius 1 is 1.60 bits per heavy atom. The third-order valence-electron chi connectivity index (χ3n) is 0.889. The zero-order valence-electron chi connectivity index (χ0n) is 6.29. The van der Waals surface area contributed by atoms with Crippen LogP contribution >= 0.6 is 0 Å². The molecule has 4 heteroatoms. The minimum atomic E-state index is -0.444. The van der Waals surface area contributed by atoms with Gasteiger partial charge in [-0.3, -0.25) is 4.79 Å². The van der Waals surface area contributed by atoms with Crippen molar-refractivity contribution in [3.63, 3.8) is 0 Å². The highest BCUT2D eigenvalue weighted by atomic mass is 16.7. The lowest BCUT2D eigenvalue weighted by molar-refractivity contribution is -0.145. The van der Waals surface area contributed by atoms with Crippen molar-refractivity contribution < 1.29 is 14.4 Å². The van der Waals surface area contributed by atoms with Gasteiger partial charge in [0.05, 0.1) is 19.1 Å². The van der Waals surface area contributed by atoms with Crippen molar-refractivity contribution in [2.75, 3.05) is 6.61 Å². The number of rotatable bonds is 4. The van der Waals surface area contributed by atoms with Gasteiger partial charge in [0.1, 0.15) is 0 Å². The van der Waals surface area contributed by atoms with Crippen molar-refractivity contribution in [1.82, 2.24) is 0 Å². The van der Waals surface area contributed by atoms with Crippen LogP contribution in [0.3, 0.4) is 0 Å². The van der Waals surface area contributed by atoms with Gasteiger partial charge in [0.15, 0.2) is 0 Å². The Balaban J connectivity index is 3.12. The summed E-state index contributed by atoms with van der Waals surface area (Å²) < 4.78 is 5.06. The molecule has 0 unspecified atom stereocenters. The molecule has 0 aromatic carbocycles. The molecule has 0 spiro atoms. The Hall–Kier alpha value is -0.610. The molecule has 0 aliphatic rings. The van der Waals surface area contributed by atoms with Crippen LogP contribution in [0.1, 0.15) is 20.3 Å². The third kappa shape index (κ3) is 5.53. The lowest BCUT2D eigenvalue weighted by atomic mass is 10.4. The molecule has 0 rings (SSSR count). The van der Waals surface area contributed by atoms with E-state index < -0.39 is 5.97 Å². The smallest absolute Gasteiger partial charge is 0.326 e. The Morgan fingerprint density at radius 3 is 2.60 bits per heavy atom. The second-order valence-electron chi connectivity index (χ2n) is 2.16. The predicted molar refractivity (Wildman–Crippen MR) is 36.0 cm³/mol. The topological polar surface area (TPSA) is 61.5 Å². The van der Waals surface area contributed by atoms with E-state index in [0.29, 0.717) is 6.61 Å². The van der Waals surface area contributed by atoms with Gasteiger partial charge in [-0.1, -0.05) is 0 Å². The lowest BCUT2D eigenvalue weighted by Gasteiger charge is -2.04. The number of carbonyl (C=O) groups is 1. The van der Waals surface area contributed by atoms with Crippen molar-refractivity contribution in [2.24, 2.45) is 5.90 Å². The molecule has 0 radical (unpaired) electrons. The van der Waals surface area contributed by atoms with Gasteiger partial charge in [0.2, 0.25) is 0 Å². The highest BCUT2D eigenvalue weighted by Gasteiger charge is 2.00. The van der Waals surface area contributed by atoms with Crippen molar-refractivity contribution in [3.8, 4) is 0 Å². The molecule has 0 aliphatic heterocycles. The van der Waals surface area contributed by atoms with Crippen LogP contribution in [0, 0.1) is 0 Å². The maximum atomic E-state index is 10.4. The average Bonchev–Trinajstić information content (AvgIpc) is 1.87. The standard InChI is InChI=1S/C6H13NO3/c1-5(2)9-4-3-6(8)10-7/h5H,3-4,7H2,1-2H3. The Morgan fingerprint density at radius 2 is 2.20 bits per heavy atom. The van der Waals surface area contributed by atoms with Crippen LogP contribution in [0.5, 0.6) is 0 Å². The average molecular weight is 147 g/mol. The molecule has 0 saturated heterocycles. The summed E-state index contributed by atoms with van der Waals surface area (Å²) in [5.41, 5.74) is 0. The highest BCUT2D eigenvalue weighted by molar-refractivity contribution is 5.68. The molecule has 10 heavy (non-hydrogen) atoms. The Labute approximate surface area is 60.2 Å².